The molecule has 0 unspecified atom stereocenters. The fraction of sp³-hybridized carbons (Fsp3) is 0.500. The van der Waals surface area contributed by atoms with Gasteiger partial charge in [0, 0.05) is 63.4 Å². The second-order valence-electron chi connectivity index (χ2n) is 6.98. The predicted molar refractivity (Wildman–Crippen MR) is 100 cm³/mol. The Morgan fingerprint density at radius 2 is 1.93 bits per heavy atom. The summed E-state index contributed by atoms with van der Waals surface area (Å²) in [6, 6.07) is 4.19. The zero-order valence-corrected chi connectivity index (χ0v) is 16.2. The molecule has 0 radical (unpaired) electrons. The van der Waals surface area contributed by atoms with Crippen molar-refractivity contribution in [3.8, 4) is 0 Å². The molecule has 0 N–H and O–H groups in total. The van der Waals surface area contributed by atoms with Gasteiger partial charge in [-0.2, -0.15) is 0 Å². The average Bonchev–Trinajstić information content (AvgIpc) is 2.68. The monoisotopic (exact) mass is 389 g/mol. The maximum atomic E-state index is 11.6. The first-order chi connectivity index (χ1) is 13.0. The van der Waals surface area contributed by atoms with E-state index in [1.807, 2.05) is 6.20 Å². The summed E-state index contributed by atoms with van der Waals surface area (Å²) in [7, 11) is -3.37. The van der Waals surface area contributed by atoms with Crippen LogP contribution in [-0.4, -0.2) is 67.4 Å². The van der Waals surface area contributed by atoms with E-state index in [1.54, 1.807) is 6.20 Å². The molecule has 0 bridgehead atoms. The second kappa shape index (κ2) is 7.49. The number of anilines is 1. The number of fused-ring (bicyclic) bond motifs is 1. The highest BCUT2D eigenvalue weighted by Gasteiger charge is 2.21. The van der Waals surface area contributed by atoms with E-state index in [9.17, 15) is 8.42 Å². The van der Waals surface area contributed by atoms with E-state index >= 15 is 0 Å². The molecule has 0 saturated carbocycles. The zero-order chi connectivity index (χ0) is 18.9. The van der Waals surface area contributed by atoms with Gasteiger partial charge < -0.3 is 9.64 Å². The van der Waals surface area contributed by atoms with Gasteiger partial charge in [-0.3, -0.25) is 4.90 Å². The molecular formula is C18H23N5O3S. The first-order valence-electron chi connectivity index (χ1n) is 9.04. The van der Waals surface area contributed by atoms with Gasteiger partial charge in [0.1, 0.15) is 5.82 Å². The van der Waals surface area contributed by atoms with Crippen molar-refractivity contribution in [1.29, 1.82) is 0 Å². The third kappa shape index (κ3) is 4.26. The van der Waals surface area contributed by atoms with Crippen LogP contribution >= 0.6 is 0 Å². The summed E-state index contributed by atoms with van der Waals surface area (Å²) in [6.07, 6.45) is 5.44. The highest BCUT2D eigenvalue weighted by atomic mass is 32.2. The van der Waals surface area contributed by atoms with Crippen LogP contribution in [0.3, 0.4) is 0 Å². The standard InChI is InChI=1S/C18H23N5O3S/c1-27(24,25)18-20-11-15-13-22(5-4-16(15)21-18)12-14-2-3-17(19-10-14)23-6-8-26-9-7-23/h2-3,10-11H,4-9,12-13H2,1H3. The minimum atomic E-state index is -3.37. The number of nitrogens with zero attached hydrogens (tertiary/aromatic N) is 5. The zero-order valence-electron chi connectivity index (χ0n) is 15.3. The van der Waals surface area contributed by atoms with E-state index in [1.165, 1.54) is 0 Å². The van der Waals surface area contributed by atoms with E-state index in [0.29, 0.717) is 6.54 Å². The Balaban J connectivity index is 1.41. The number of aromatic nitrogens is 3. The van der Waals surface area contributed by atoms with Gasteiger partial charge in [0.25, 0.3) is 0 Å². The molecule has 1 saturated heterocycles. The van der Waals surface area contributed by atoms with Crippen molar-refractivity contribution in [2.24, 2.45) is 0 Å². The van der Waals surface area contributed by atoms with Gasteiger partial charge in [-0.25, -0.2) is 23.4 Å². The first-order valence-corrected chi connectivity index (χ1v) is 10.9. The summed E-state index contributed by atoms with van der Waals surface area (Å²) in [5, 5.41) is -0.0856. The smallest absolute Gasteiger partial charge is 0.246 e. The molecule has 0 aliphatic carbocycles. The largest absolute Gasteiger partial charge is 0.378 e. The van der Waals surface area contributed by atoms with Gasteiger partial charge in [-0.15, -0.1) is 0 Å². The highest BCUT2D eigenvalue weighted by Crippen LogP contribution is 2.20. The van der Waals surface area contributed by atoms with Crippen LogP contribution in [0.25, 0.3) is 0 Å². The molecule has 144 valence electrons. The van der Waals surface area contributed by atoms with Crippen molar-refractivity contribution < 1.29 is 13.2 Å². The number of hydrogen-bond donors (Lipinski definition) is 0. The van der Waals surface area contributed by atoms with Crippen LogP contribution in [0.2, 0.25) is 0 Å². The van der Waals surface area contributed by atoms with Crippen LogP contribution in [0, 0.1) is 0 Å². The molecule has 2 aromatic heterocycles. The van der Waals surface area contributed by atoms with Crippen molar-refractivity contribution in [3.63, 3.8) is 0 Å². The van der Waals surface area contributed by atoms with Crippen molar-refractivity contribution in [2.75, 3.05) is 44.0 Å². The molecule has 2 aromatic rings. The molecule has 4 rings (SSSR count). The van der Waals surface area contributed by atoms with Gasteiger partial charge in [0.15, 0.2) is 0 Å². The van der Waals surface area contributed by atoms with Crippen LogP contribution in [0.4, 0.5) is 5.82 Å². The molecule has 2 aliphatic rings. The summed E-state index contributed by atoms with van der Waals surface area (Å²) in [5.74, 6) is 0.993. The normalized spacial score (nSPS) is 18.3. The van der Waals surface area contributed by atoms with Crippen LogP contribution in [0.5, 0.6) is 0 Å². The van der Waals surface area contributed by atoms with Crippen molar-refractivity contribution in [3.05, 3.63) is 41.3 Å². The summed E-state index contributed by atoms with van der Waals surface area (Å²) in [4.78, 5) is 17.4. The maximum Gasteiger partial charge on any atom is 0.246 e. The van der Waals surface area contributed by atoms with Crippen LogP contribution in [-0.2, 0) is 34.1 Å². The molecule has 1 fully saturated rings. The summed E-state index contributed by atoms with van der Waals surface area (Å²) >= 11 is 0. The van der Waals surface area contributed by atoms with Crippen LogP contribution in [0.1, 0.15) is 16.8 Å². The Kier molecular flexibility index (Phi) is 5.07. The molecule has 0 atom stereocenters. The lowest BCUT2D eigenvalue weighted by molar-refractivity contribution is 0.122. The number of sulfone groups is 1. The molecule has 8 nitrogen and oxygen atoms in total. The average molecular weight is 389 g/mol. The van der Waals surface area contributed by atoms with Crippen molar-refractivity contribution in [2.45, 2.75) is 24.7 Å². The van der Waals surface area contributed by atoms with Gasteiger partial charge in [-0.05, 0) is 11.6 Å². The molecule has 0 spiro atoms. The Morgan fingerprint density at radius 1 is 1.11 bits per heavy atom. The fourth-order valence-electron chi connectivity index (χ4n) is 3.42. The number of rotatable bonds is 4. The molecule has 2 aliphatic heterocycles. The number of hydrogen-bond acceptors (Lipinski definition) is 8. The Labute approximate surface area is 159 Å². The quantitative estimate of drug-likeness (QED) is 0.705. The first kappa shape index (κ1) is 18.3. The Bertz CT molecular complexity index is 911. The molecule has 0 aromatic carbocycles. The lowest BCUT2D eigenvalue weighted by Gasteiger charge is -2.29. The number of morpholine rings is 1. The molecule has 0 amide bonds. The van der Waals surface area contributed by atoms with E-state index in [4.69, 9.17) is 4.74 Å². The fourth-order valence-corrected chi connectivity index (χ4v) is 3.94. The summed E-state index contributed by atoms with van der Waals surface area (Å²) < 4.78 is 28.6. The van der Waals surface area contributed by atoms with E-state index in [-0.39, 0.29) is 5.16 Å². The molecule has 27 heavy (non-hydrogen) atoms. The second-order valence-corrected chi connectivity index (χ2v) is 8.89. The molecule has 4 heterocycles. The number of ether oxygens (including phenoxy) is 1. The van der Waals surface area contributed by atoms with E-state index in [0.717, 1.165) is 74.7 Å². The van der Waals surface area contributed by atoms with Gasteiger partial charge in [0.05, 0.1) is 18.9 Å². The van der Waals surface area contributed by atoms with Crippen molar-refractivity contribution in [1.82, 2.24) is 19.9 Å². The van der Waals surface area contributed by atoms with Crippen molar-refractivity contribution >= 4 is 15.7 Å². The van der Waals surface area contributed by atoms with E-state index in [2.05, 4.69) is 36.9 Å². The van der Waals surface area contributed by atoms with Gasteiger partial charge in [0.2, 0.25) is 15.0 Å². The van der Waals surface area contributed by atoms with E-state index < -0.39 is 9.84 Å². The molecule has 9 heteroatoms. The van der Waals surface area contributed by atoms with Gasteiger partial charge >= 0.3 is 0 Å². The molecular weight excluding hydrogens is 366 g/mol. The lowest BCUT2D eigenvalue weighted by atomic mass is 10.1. The SMILES string of the molecule is CS(=O)(=O)c1ncc2c(n1)CCN(Cc1ccc(N3CCOCC3)nc1)C2. The van der Waals surface area contributed by atoms with Crippen LogP contribution < -0.4 is 4.90 Å². The lowest BCUT2D eigenvalue weighted by Crippen LogP contribution is -2.36. The Morgan fingerprint density at radius 3 is 2.63 bits per heavy atom. The predicted octanol–water partition coefficient (Wildman–Crippen LogP) is 0.670. The highest BCUT2D eigenvalue weighted by molar-refractivity contribution is 7.90. The minimum Gasteiger partial charge on any atom is -0.378 e. The summed E-state index contributed by atoms with van der Waals surface area (Å²) in [5.41, 5.74) is 2.98. The van der Waals surface area contributed by atoms with Gasteiger partial charge in [-0.1, -0.05) is 6.07 Å². The number of pyridine rings is 1. The summed E-state index contributed by atoms with van der Waals surface area (Å²) in [6.45, 7) is 5.60. The minimum absolute atomic E-state index is 0.0856. The topological polar surface area (TPSA) is 88.5 Å². The third-order valence-electron chi connectivity index (χ3n) is 4.87. The third-order valence-corrected chi connectivity index (χ3v) is 5.73. The van der Waals surface area contributed by atoms with Crippen LogP contribution in [0.15, 0.2) is 29.7 Å². The maximum absolute atomic E-state index is 11.6. The Hall–Kier alpha value is -2.10.